The molecule has 19 heavy (non-hydrogen) atoms. The highest BCUT2D eigenvalue weighted by Gasteiger charge is 2.19. The predicted molar refractivity (Wildman–Crippen MR) is 80.6 cm³/mol. The highest BCUT2D eigenvalue weighted by atomic mass is 32.2. The number of hydrogen-bond donors (Lipinski definition) is 1. The third-order valence-corrected chi connectivity index (χ3v) is 4.32. The van der Waals surface area contributed by atoms with E-state index in [-0.39, 0.29) is 12.1 Å². The van der Waals surface area contributed by atoms with E-state index in [1.807, 2.05) is 23.6 Å². The standard InChI is InChI=1S/C15H22N2OS/c1-3-19-14-8-6-13(7-9-14)12(2)16-15(18)17-10-4-5-11-17/h6-9,12H,3-5,10-11H2,1-2H3,(H,16,18). The average Bonchev–Trinajstić information content (AvgIpc) is 2.94. The lowest BCUT2D eigenvalue weighted by Gasteiger charge is -2.20. The Kier molecular flexibility index (Phi) is 5.14. The molecule has 1 saturated heterocycles. The van der Waals surface area contributed by atoms with Gasteiger partial charge in [-0.25, -0.2) is 4.79 Å². The zero-order chi connectivity index (χ0) is 13.7. The first-order valence-corrected chi connectivity index (χ1v) is 7.97. The molecule has 1 N–H and O–H groups in total. The Balaban J connectivity index is 1.91. The molecular formula is C15H22N2OS. The Morgan fingerprint density at radius 2 is 1.95 bits per heavy atom. The fraction of sp³-hybridized carbons (Fsp3) is 0.533. The molecule has 1 atom stereocenters. The van der Waals surface area contributed by atoms with Gasteiger partial charge in [-0.3, -0.25) is 0 Å². The second-order valence-corrected chi connectivity index (χ2v) is 6.20. The van der Waals surface area contributed by atoms with E-state index in [1.54, 1.807) is 0 Å². The summed E-state index contributed by atoms with van der Waals surface area (Å²) in [6.07, 6.45) is 2.26. The maximum Gasteiger partial charge on any atom is 0.317 e. The molecule has 1 aliphatic rings. The lowest BCUT2D eigenvalue weighted by Crippen LogP contribution is -2.39. The first-order chi connectivity index (χ1) is 9.20. The van der Waals surface area contributed by atoms with Gasteiger partial charge >= 0.3 is 6.03 Å². The summed E-state index contributed by atoms with van der Waals surface area (Å²) in [5, 5.41) is 3.07. The minimum Gasteiger partial charge on any atom is -0.331 e. The van der Waals surface area contributed by atoms with Crippen LogP contribution in [-0.4, -0.2) is 29.8 Å². The molecule has 3 nitrogen and oxygen atoms in total. The number of rotatable bonds is 4. The van der Waals surface area contributed by atoms with E-state index >= 15 is 0 Å². The van der Waals surface area contributed by atoms with E-state index in [2.05, 4.69) is 36.5 Å². The third kappa shape index (κ3) is 3.90. The first-order valence-electron chi connectivity index (χ1n) is 6.99. The predicted octanol–water partition coefficient (Wildman–Crippen LogP) is 3.67. The molecule has 2 amide bonds. The van der Waals surface area contributed by atoms with Crippen molar-refractivity contribution in [3.8, 4) is 0 Å². The Hall–Kier alpha value is -1.16. The number of hydrogen-bond acceptors (Lipinski definition) is 2. The van der Waals surface area contributed by atoms with Crippen molar-refractivity contribution in [1.82, 2.24) is 10.2 Å². The van der Waals surface area contributed by atoms with Gasteiger partial charge in [0.2, 0.25) is 0 Å². The number of nitrogens with one attached hydrogen (secondary N) is 1. The van der Waals surface area contributed by atoms with E-state index < -0.39 is 0 Å². The average molecular weight is 278 g/mol. The molecule has 104 valence electrons. The quantitative estimate of drug-likeness (QED) is 0.852. The van der Waals surface area contributed by atoms with Crippen LogP contribution in [0.4, 0.5) is 4.79 Å². The fourth-order valence-corrected chi connectivity index (χ4v) is 2.96. The van der Waals surface area contributed by atoms with Gasteiger partial charge in [0.05, 0.1) is 6.04 Å². The van der Waals surface area contributed by atoms with Crippen molar-refractivity contribution >= 4 is 17.8 Å². The van der Waals surface area contributed by atoms with Crippen LogP contribution in [0.25, 0.3) is 0 Å². The third-order valence-electron chi connectivity index (χ3n) is 3.42. The van der Waals surface area contributed by atoms with Crippen LogP contribution in [0.1, 0.15) is 38.3 Å². The highest BCUT2D eigenvalue weighted by Crippen LogP contribution is 2.21. The fourth-order valence-electron chi connectivity index (χ4n) is 2.30. The monoisotopic (exact) mass is 278 g/mol. The Bertz CT molecular complexity index is 413. The zero-order valence-electron chi connectivity index (χ0n) is 11.7. The number of nitrogens with zero attached hydrogens (tertiary/aromatic N) is 1. The van der Waals surface area contributed by atoms with Gasteiger partial charge in [0, 0.05) is 18.0 Å². The van der Waals surface area contributed by atoms with Crippen LogP contribution >= 0.6 is 11.8 Å². The SMILES string of the molecule is CCSc1ccc(C(C)NC(=O)N2CCCC2)cc1. The second kappa shape index (κ2) is 6.85. The van der Waals surface area contributed by atoms with E-state index in [4.69, 9.17) is 0 Å². The number of carbonyl (C=O) groups is 1. The zero-order valence-corrected chi connectivity index (χ0v) is 12.5. The summed E-state index contributed by atoms with van der Waals surface area (Å²) in [6.45, 7) is 5.97. The van der Waals surface area contributed by atoms with Gasteiger partial charge in [-0.1, -0.05) is 19.1 Å². The lowest BCUT2D eigenvalue weighted by molar-refractivity contribution is 0.205. The van der Waals surface area contributed by atoms with E-state index in [0.717, 1.165) is 37.2 Å². The number of likely N-dealkylation sites (tertiary alicyclic amines) is 1. The molecule has 1 fully saturated rings. The van der Waals surface area contributed by atoms with Crippen molar-refractivity contribution in [1.29, 1.82) is 0 Å². The number of urea groups is 1. The normalized spacial score (nSPS) is 16.4. The summed E-state index contributed by atoms with van der Waals surface area (Å²) in [6, 6.07) is 8.59. The van der Waals surface area contributed by atoms with Gasteiger partial charge in [-0.15, -0.1) is 11.8 Å². The number of benzene rings is 1. The molecule has 1 unspecified atom stereocenters. The van der Waals surface area contributed by atoms with Crippen LogP contribution < -0.4 is 5.32 Å². The topological polar surface area (TPSA) is 32.3 Å². The molecule has 1 aliphatic heterocycles. The van der Waals surface area contributed by atoms with Gasteiger partial charge in [0.15, 0.2) is 0 Å². The van der Waals surface area contributed by atoms with Crippen LogP contribution in [0.2, 0.25) is 0 Å². The summed E-state index contributed by atoms with van der Waals surface area (Å²) >= 11 is 1.83. The molecule has 0 bridgehead atoms. The minimum atomic E-state index is 0.0637. The largest absolute Gasteiger partial charge is 0.331 e. The molecule has 1 aromatic rings. The smallest absolute Gasteiger partial charge is 0.317 e. The summed E-state index contributed by atoms with van der Waals surface area (Å²) in [7, 11) is 0. The summed E-state index contributed by atoms with van der Waals surface area (Å²) in [5.74, 6) is 1.08. The van der Waals surface area contributed by atoms with E-state index in [0.29, 0.717) is 0 Å². The van der Waals surface area contributed by atoms with Crippen LogP contribution in [0, 0.1) is 0 Å². The molecule has 0 radical (unpaired) electrons. The van der Waals surface area contributed by atoms with Crippen LogP contribution in [-0.2, 0) is 0 Å². The summed E-state index contributed by atoms with van der Waals surface area (Å²) < 4.78 is 0. The highest BCUT2D eigenvalue weighted by molar-refractivity contribution is 7.99. The van der Waals surface area contributed by atoms with Gasteiger partial charge in [0.1, 0.15) is 0 Å². The van der Waals surface area contributed by atoms with Gasteiger partial charge < -0.3 is 10.2 Å². The molecule has 2 rings (SSSR count). The molecule has 0 spiro atoms. The van der Waals surface area contributed by atoms with Crippen molar-refractivity contribution in [3.63, 3.8) is 0 Å². The van der Waals surface area contributed by atoms with E-state index in [1.165, 1.54) is 4.90 Å². The second-order valence-electron chi connectivity index (χ2n) is 4.87. The molecule has 0 aromatic heterocycles. The molecule has 0 saturated carbocycles. The van der Waals surface area contributed by atoms with Crippen molar-refractivity contribution in [2.45, 2.75) is 37.6 Å². The van der Waals surface area contributed by atoms with Gasteiger partial charge in [0.25, 0.3) is 0 Å². The number of amides is 2. The van der Waals surface area contributed by atoms with Gasteiger partial charge in [-0.2, -0.15) is 0 Å². The van der Waals surface area contributed by atoms with Crippen LogP contribution in [0.15, 0.2) is 29.2 Å². The molecule has 0 aliphatic carbocycles. The summed E-state index contributed by atoms with van der Waals surface area (Å²) in [5.41, 5.74) is 1.16. The van der Waals surface area contributed by atoms with Crippen molar-refractivity contribution in [3.05, 3.63) is 29.8 Å². The Morgan fingerprint density at radius 3 is 2.53 bits per heavy atom. The van der Waals surface area contributed by atoms with E-state index in [9.17, 15) is 4.79 Å². The van der Waals surface area contributed by atoms with Gasteiger partial charge in [-0.05, 0) is 43.2 Å². The maximum absolute atomic E-state index is 12.0. The molecule has 1 aromatic carbocycles. The van der Waals surface area contributed by atoms with Crippen molar-refractivity contribution in [2.24, 2.45) is 0 Å². The number of carbonyl (C=O) groups excluding carboxylic acids is 1. The molecular weight excluding hydrogens is 256 g/mol. The maximum atomic E-state index is 12.0. The first kappa shape index (κ1) is 14.3. The molecule has 4 heteroatoms. The minimum absolute atomic E-state index is 0.0637. The lowest BCUT2D eigenvalue weighted by atomic mass is 10.1. The van der Waals surface area contributed by atoms with Crippen LogP contribution in [0.3, 0.4) is 0 Å². The van der Waals surface area contributed by atoms with Crippen molar-refractivity contribution in [2.75, 3.05) is 18.8 Å². The molecule has 1 heterocycles. The Labute approximate surface area is 119 Å². The van der Waals surface area contributed by atoms with Crippen LogP contribution in [0.5, 0.6) is 0 Å². The summed E-state index contributed by atoms with van der Waals surface area (Å²) in [4.78, 5) is 15.2. The Morgan fingerprint density at radius 1 is 1.32 bits per heavy atom. The number of thioether (sulfide) groups is 1. The van der Waals surface area contributed by atoms with Crippen molar-refractivity contribution < 1.29 is 4.79 Å².